The molecule has 0 aliphatic rings. The molecule has 0 radical (unpaired) electrons. The molecule has 32 heavy (non-hydrogen) atoms. The van der Waals surface area contributed by atoms with Crippen molar-refractivity contribution in [1.29, 1.82) is 0 Å². The summed E-state index contributed by atoms with van der Waals surface area (Å²) in [6.07, 6.45) is -3.48. The van der Waals surface area contributed by atoms with Crippen LogP contribution in [0.25, 0.3) is 0 Å². The lowest BCUT2D eigenvalue weighted by atomic mass is 10.2. The maximum atomic E-state index is 13.0. The van der Waals surface area contributed by atoms with Gasteiger partial charge in [0.05, 0.1) is 23.6 Å². The molecular weight excluding hydrogens is 445 g/mol. The second-order valence-electron chi connectivity index (χ2n) is 7.58. The molecule has 1 amide bonds. The van der Waals surface area contributed by atoms with Crippen LogP contribution in [-0.2, 0) is 27.5 Å². The van der Waals surface area contributed by atoms with Gasteiger partial charge in [0, 0.05) is 19.5 Å². The third kappa shape index (κ3) is 8.07. The number of alkyl halides is 3. The molecule has 0 fully saturated rings. The topological polar surface area (TPSA) is 75.7 Å². The van der Waals surface area contributed by atoms with Crippen LogP contribution >= 0.6 is 0 Å². The van der Waals surface area contributed by atoms with Crippen molar-refractivity contribution in [3.63, 3.8) is 0 Å². The molecule has 0 aliphatic heterocycles. The fourth-order valence-electron chi connectivity index (χ4n) is 3.00. The van der Waals surface area contributed by atoms with E-state index >= 15 is 0 Å². The number of hydrogen-bond donors (Lipinski definition) is 1. The summed E-state index contributed by atoms with van der Waals surface area (Å²) in [6, 6.07) is 11.4. The highest BCUT2D eigenvalue weighted by Crippen LogP contribution is 2.32. The van der Waals surface area contributed by atoms with E-state index in [0.29, 0.717) is 5.75 Å². The Labute approximate surface area is 186 Å². The Morgan fingerprint density at radius 3 is 2.44 bits per heavy atom. The van der Waals surface area contributed by atoms with Crippen LogP contribution in [0.5, 0.6) is 5.75 Å². The highest BCUT2D eigenvalue weighted by Gasteiger charge is 2.31. The van der Waals surface area contributed by atoms with Crippen LogP contribution in [0.3, 0.4) is 0 Å². The van der Waals surface area contributed by atoms with E-state index in [2.05, 4.69) is 5.32 Å². The van der Waals surface area contributed by atoms with Crippen LogP contribution < -0.4 is 14.4 Å². The average molecular weight is 473 g/mol. The molecule has 0 spiro atoms. The molecular formula is C22H27F3N2O4S. The fourth-order valence-corrected chi connectivity index (χ4v) is 3.95. The summed E-state index contributed by atoms with van der Waals surface area (Å²) in [6.45, 7) is 3.98. The van der Waals surface area contributed by atoms with Crippen molar-refractivity contribution in [3.05, 3.63) is 59.7 Å². The van der Waals surface area contributed by atoms with E-state index in [1.165, 1.54) is 6.07 Å². The van der Waals surface area contributed by atoms with Crippen molar-refractivity contribution >= 4 is 21.6 Å². The van der Waals surface area contributed by atoms with Crippen LogP contribution in [0.4, 0.5) is 18.9 Å². The summed E-state index contributed by atoms with van der Waals surface area (Å²) in [5, 5.41) is 2.75. The van der Waals surface area contributed by atoms with Gasteiger partial charge in [-0.05, 0) is 56.2 Å². The summed E-state index contributed by atoms with van der Waals surface area (Å²) in [4.78, 5) is 12.2. The number of anilines is 1. The molecule has 0 heterocycles. The molecule has 0 aromatic heterocycles. The maximum Gasteiger partial charge on any atom is 0.416 e. The average Bonchev–Trinajstić information content (AvgIpc) is 2.68. The SMILES string of the molecule is CC(C)Oc1cccc(CNC(=O)CCCN(c2cccc(C(F)(F)F)c2)S(C)(=O)=O)c1. The molecule has 0 aliphatic carbocycles. The summed E-state index contributed by atoms with van der Waals surface area (Å²) >= 11 is 0. The zero-order valence-corrected chi connectivity index (χ0v) is 19.0. The third-order valence-electron chi connectivity index (χ3n) is 4.39. The van der Waals surface area contributed by atoms with Crippen LogP contribution in [0.15, 0.2) is 48.5 Å². The Balaban J connectivity index is 1.94. The van der Waals surface area contributed by atoms with E-state index < -0.39 is 21.8 Å². The molecule has 176 valence electrons. The van der Waals surface area contributed by atoms with Crippen molar-refractivity contribution in [1.82, 2.24) is 5.32 Å². The van der Waals surface area contributed by atoms with Gasteiger partial charge in [0.25, 0.3) is 0 Å². The van der Waals surface area contributed by atoms with Crippen LogP contribution in [0, 0.1) is 0 Å². The Hall–Kier alpha value is -2.75. The molecule has 6 nitrogen and oxygen atoms in total. The van der Waals surface area contributed by atoms with Gasteiger partial charge in [0.2, 0.25) is 15.9 Å². The third-order valence-corrected chi connectivity index (χ3v) is 5.58. The van der Waals surface area contributed by atoms with Crippen molar-refractivity contribution in [2.24, 2.45) is 0 Å². The van der Waals surface area contributed by atoms with Gasteiger partial charge in [0.1, 0.15) is 5.75 Å². The predicted octanol–water partition coefficient (Wildman–Crippen LogP) is 4.36. The largest absolute Gasteiger partial charge is 0.491 e. The summed E-state index contributed by atoms with van der Waals surface area (Å²) in [5.74, 6) is 0.398. The van der Waals surface area contributed by atoms with Gasteiger partial charge in [-0.3, -0.25) is 9.10 Å². The summed E-state index contributed by atoms with van der Waals surface area (Å²) in [5.41, 5.74) is -0.187. The van der Waals surface area contributed by atoms with E-state index in [1.54, 1.807) is 0 Å². The Morgan fingerprint density at radius 2 is 1.81 bits per heavy atom. The predicted molar refractivity (Wildman–Crippen MR) is 117 cm³/mol. The normalized spacial score (nSPS) is 12.0. The lowest BCUT2D eigenvalue weighted by molar-refractivity contribution is -0.137. The summed E-state index contributed by atoms with van der Waals surface area (Å²) in [7, 11) is -3.83. The molecule has 0 bridgehead atoms. The van der Waals surface area contributed by atoms with Crippen LogP contribution in [0.1, 0.15) is 37.8 Å². The molecule has 2 aromatic carbocycles. The lowest BCUT2D eigenvalue weighted by Crippen LogP contribution is -2.32. The van der Waals surface area contributed by atoms with Gasteiger partial charge in [-0.2, -0.15) is 13.2 Å². The second kappa shape index (κ2) is 10.7. The summed E-state index contributed by atoms with van der Waals surface area (Å²) < 4.78 is 69.6. The number of carbonyl (C=O) groups excluding carboxylic acids is 1. The molecule has 1 N–H and O–H groups in total. The second-order valence-corrected chi connectivity index (χ2v) is 9.48. The molecule has 0 atom stereocenters. The quantitative estimate of drug-likeness (QED) is 0.558. The first-order valence-corrected chi connectivity index (χ1v) is 11.9. The standard InChI is InChI=1S/C22H27F3N2O4S/c1-16(2)31-20-10-4-7-17(13-20)15-26-21(28)11-6-12-27(32(3,29)30)19-9-5-8-18(14-19)22(23,24)25/h4-5,7-10,13-14,16H,6,11-12,15H2,1-3H3,(H,26,28). The Kier molecular flexibility index (Phi) is 8.54. The number of ether oxygens (including phenoxy) is 1. The molecule has 0 saturated carbocycles. The minimum Gasteiger partial charge on any atom is -0.491 e. The van der Waals surface area contributed by atoms with Crippen LogP contribution in [-0.4, -0.2) is 33.2 Å². The number of amides is 1. The van der Waals surface area contributed by atoms with Gasteiger partial charge in [-0.1, -0.05) is 18.2 Å². The van der Waals surface area contributed by atoms with E-state index in [-0.39, 0.29) is 43.6 Å². The smallest absolute Gasteiger partial charge is 0.416 e. The first-order chi connectivity index (χ1) is 14.9. The Bertz CT molecular complexity index is 1020. The van der Waals surface area contributed by atoms with Crippen molar-refractivity contribution in [2.75, 3.05) is 17.1 Å². The van der Waals surface area contributed by atoms with E-state index in [4.69, 9.17) is 4.74 Å². The zero-order chi connectivity index (χ0) is 23.9. The number of nitrogens with zero attached hydrogens (tertiary/aromatic N) is 1. The Morgan fingerprint density at radius 1 is 1.12 bits per heavy atom. The van der Waals surface area contributed by atoms with E-state index in [9.17, 15) is 26.4 Å². The van der Waals surface area contributed by atoms with Crippen molar-refractivity contribution in [2.45, 2.75) is 45.5 Å². The maximum absolute atomic E-state index is 13.0. The van der Waals surface area contributed by atoms with E-state index in [0.717, 1.165) is 34.3 Å². The number of carbonyl (C=O) groups is 1. The number of nitrogens with one attached hydrogen (secondary N) is 1. The first kappa shape index (κ1) is 25.5. The minimum absolute atomic E-state index is 0.0210. The monoisotopic (exact) mass is 472 g/mol. The lowest BCUT2D eigenvalue weighted by Gasteiger charge is -2.23. The molecule has 2 rings (SSSR count). The van der Waals surface area contributed by atoms with Gasteiger partial charge >= 0.3 is 6.18 Å². The highest BCUT2D eigenvalue weighted by atomic mass is 32.2. The number of halogens is 3. The van der Waals surface area contributed by atoms with Gasteiger partial charge < -0.3 is 10.1 Å². The highest BCUT2D eigenvalue weighted by molar-refractivity contribution is 7.92. The van der Waals surface area contributed by atoms with Gasteiger partial charge in [-0.25, -0.2) is 8.42 Å². The van der Waals surface area contributed by atoms with Gasteiger partial charge in [0.15, 0.2) is 0 Å². The zero-order valence-electron chi connectivity index (χ0n) is 18.1. The number of rotatable bonds is 10. The van der Waals surface area contributed by atoms with E-state index in [1.807, 2.05) is 38.1 Å². The fraction of sp³-hybridized carbons (Fsp3) is 0.409. The van der Waals surface area contributed by atoms with Crippen LogP contribution in [0.2, 0.25) is 0 Å². The first-order valence-electron chi connectivity index (χ1n) is 10.0. The van der Waals surface area contributed by atoms with Crippen molar-refractivity contribution < 1.29 is 31.1 Å². The van der Waals surface area contributed by atoms with Gasteiger partial charge in [-0.15, -0.1) is 0 Å². The molecule has 10 heteroatoms. The number of benzene rings is 2. The number of sulfonamides is 1. The number of hydrogen-bond acceptors (Lipinski definition) is 4. The van der Waals surface area contributed by atoms with Crippen molar-refractivity contribution in [3.8, 4) is 5.75 Å². The molecule has 2 aromatic rings. The molecule has 0 unspecified atom stereocenters. The molecule has 0 saturated heterocycles. The minimum atomic E-state index is -4.59.